The third-order valence-electron chi connectivity index (χ3n) is 8.82. The van der Waals surface area contributed by atoms with Crippen LogP contribution in [-0.4, -0.2) is 0 Å². The summed E-state index contributed by atoms with van der Waals surface area (Å²) < 4.78 is 0. The third kappa shape index (κ3) is 3.86. The highest BCUT2D eigenvalue weighted by Crippen LogP contribution is 2.51. The standard InChI is InChI=1S/C42H26S/c1-2-12-27(13-3-1)28-14-10-15-29(24-28)40-34-18-4-6-20-36(34)41(37-21-7-5-19-35(37)40)31-25-30-16-11-22-33-32-17-8-9-23-38(32)43-39(26-31)42(30)33/h1-26H. The Labute approximate surface area is 255 Å². The second kappa shape index (κ2) is 9.73. The summed E-state index contributed by atoms with van der Waals surface area (Å²) in [7, 11) is 0. The smallest absolute Gasteiger partial charge is 0.0213 e. The van der Waals surface area contributed by atoms with E-state index < -0.39 is 0 Å². The maximum Gasteiger partial charge on any atom is 0.0213 e. The van der Waals surface area contributed by atoms with Crippen molar-refractivity contribution in [2.45, 2.75) is 9.79 Å². The fourth-order valence-corrected chi connectivity index (χ4v) is 8.16. The fourth-order valence-electron chi connectivity index (χ4n) is 6.97. The molecule has 0 unspecified atom stereocenters. The van der Waals surface area contributed by atoms with E-state index in [9.17, 15) is 0 Å². The molecule has 0 atom stereocenters. The Balaban J connectivity index is 1.33. The summed E-state index contributed by atoms with van der Waals surface area (Å²) >= 11 is 1.89. The van der Waals surface area contributed by atoms with Gasteiger partial charge in [-0.05, 0) is 95.7 Å². The van der Waals surface area contributed by atoms with E-state index in [1.807, 2.05) is 11.8 Å². The van der Waals surface area contributed by atoms with Crippen LogP contribution in [0.4, 0.5) is 0 Å². The van der Waals surface area contributed by atoms with Crippen LogP contribution in [0.5, 0.6) is 0 Å². The van der Waals surface area contributed by atoms with Crippen molar-refractivity contribution in [2.24, 2.45) is 0 Å². The predicted molar refractivity (Wildman–Crippen MR) is 185 cm³/mol. The Kier molecular flexibility index (Phi) is 5.54. The molecule has 43 heavy (non-hydrogen) atoms. The van der Waals surface area contributed by atoms with Crippen LogP contribution in [0, 0.1) is 0 Å². The predicted octanol–water partition coefficient (Wildman–Crippen LogP) is 12.3. The molecule has 0 radical (unpaired) electrons. The van der Waals surface area contributed by atoms with E-state index in [2.05, 4.69) is 158 Å². The van der Waals surface area contributed by atoms with Gasteiger partial charge in [-0.25, -0.2) is 0 Å². The lowest BCUT2D eigenvalue weighted by Gasteiger charge is -2.22. The molecule has 0 bridgehead atoms. The molecule has 1 heteroatoms. The number of hydrogen-bond acceptors (Lipinski definition) is 1. The first-order valence-electron chi connectivity index (χ1n) is 14.8. The highest BCUT2D eigenvalue weighted by molar-refractivity contribution is 7.99. The average Bonchev–Trinajstić information content (AvgIpc) is 3.07. The largest absolute Gasteiger partial charge is 0.0888 e. The second-order valence-corrected chi connectivity index (χ2v) is 12.3. The number of hydrogen-bond donors (Lipinski definition) is 0. The van der Waals surface area contributed by atoms with Crippen molar-refractivity contribution in [1.29, 1.82) is 0 Å². The maximum atomic E-state index is 2.43. The zero-order chi connectivity index (χ0) is 28.3. The minimum absolute atomic E-state index is 1.23. The molecule has 0 N–H and O–H groups in total. The van der Waals surface area contributed by atoms with Gasteiger partial charge in [0.05, 0.1) is 0 Å². The van der Waals surface area contributed by atoms with Gasteiger partial charge in [0.25, 0.3) is 0 Å². The Morgan fingerprint density at radius 2 is 0.884 bits per heavy atom. The lowest BCUT2D eigenvalue weighted by atomic mass is 9.84. The van der Waals surface area contributed by atoms with Crippen LogP contribution in [0.2, 0.25) is 0 Å². The molecular weight excluding hydrogens is 537 g/mol. The molecule has 200 valence electrons. The van der Waals surface area contributed by atoms with E-state index in [0.29, 0.717) is 0 Å². The van der Waals surface area contributed by atoms with Gasteiger partial charge in [0.2, 0.25) is 0 Å². The normalized spacial score (nSPS) is 12.1. The molecule has 0 saturated heterocycles. The monoisotopic (exact) mass is 562 g/mol. The first-order chi connectivity index (χ1) is 21.3. The van der Waals surface area contributed by atoms with Gasteiger partial charge in [-0.2, -0.15) is 0 Å². The second-order valence-electron chi connectivity index (χ2n) is 11.3. The molecule has 1 heterocycles. The van der Waals surface area contributed by atoms with Gasteiger partial charge in [0.1, 0.15) is 0 Å². The van der Waals surface area contributed by atoms with Gasteiger partial charge >= 0.3 is 0 Å². The molecule has 8 aromatic rings. The van der Waals surface area contributed by atoms with Gasteiger partial charge in [-0.1, -0.05) is 145 Å². The number of rotatable bonds is 3. The van der Waals surface area contributed by atoms with Crippen LogP contribution >= 0.6 is 11.8 Å². The summed E-state index contributed by atoms with van der Waals surface area (Å²) in [6.07, 6.45) is 0. The minimum atomic E-state index is 1.23. The first-order valence-corrected chi connectivity index (χ1v) is 15.6. The summed E-state index contributed by atoms with van der Waals surface area (Å²) in [5.74, 6) is 0. The summed E-state index contributed by atoms with van der Waals surface area (Å²) in [5.41, 5.74) is 10.2. The van der Waals surface area contributed by atoms with Crippen molar-refractivity contribution in [1.82, 2.24) is 0 Å². The zero-order valence-corrected chi connectivity index (χ0v) is 24.2. The molecule has 0 saturated carbocycles. The summed E-state index contributed by atoms with van der Waals surface area (Å²) in [6.45, 7) is 0. The first kappa shape index (κ1) is 24.5. The molecule has 0 nitrogen and oxygen atoms in total. The molecule has 0 spiro atoms. The molecule has 0 amide bonds. The van der Waals surface area contributed by atoms with Gasteiger partial charge in [-0.15, -0.1) is 0 Å². The van der Waals surface area contributed by atoms with Crippen molar-refractivity contribution >= 4 is 44.1 Å². The van der Waals surface area contributed by atoms with Crippen molar-refractivity contribution in [2.75, 3.05) is 0 Å². The van der Waals surface area contributed by atoms with Crippen molar-refractivity contribution in [3.05, 3.63) is 158 Å². The quantitative estimate of drug-likeness (QED) is 0.193. The minimum Gasteiger partial charge on any atom is -0.0888 e. The topological polar surface area (TPSA) is 0 Å². The lowest BCUT2D eigenvalue weighted by molar-refractivity contribution is 1.40. The van der Waals surface area contributed by atoms with Crippen molar-refractivity contribution in [3.63, 3.8) is 0 Å². The van der Waals surface area contributed by atoms with E-state index in [1.54, 1.807) is 0 Å². The van der Waals surface area contributed by atoms with E-state index in [1.165, 1.54) is 86.6 Å². The Morgan fingerprint density at radius 1 is 0.326 bits per heavy atom. The van der Waals surface area contributed by atoms with Crippen molar-refractivity contribution < 1.29 is 0 Å². The lowest BCUT2D eigenvalue weighted by Crippen LogP contribution is -1.95. The van der Waals surface area contributed by atoms with Crippen LogP contribution < -0.4 is 0 Å². The van der Waals surface area contributed by atoms with E-state index in [-0.39, 0.29) is 0 Å². The molecule has 1 aliphatic rings. The SMILES string of the molecule is c1ccc(-c2cccc(-c3c4ccccc4c(-c4cc5c6c(cccc6c4)-c4ccccc4S5)c4ccccc34)c2)cc1. The number of fused-ring (bicyclic) bond motifs is 4. The van der Waals surface area contributed by atoms with Crippen LogP contribution in [0.25, 0.3) is 76.8 Å². The van der Waals surface area contributed by atoms with E-state index in [0.717, 1.165) is 0 Å². The van der Waals surface area contributed by atoms with Crippen LogP contribution in [-0.2, 0) is 0 Å². The maximum absolute atomic E-state index is 2.43. The Bertz CT molecular complexity index is 2310. The van der Waals surface area contributed by atoms with Gasteiger partial charge in [-0.3, -0.25) is 0 Å². The molecule has 0 fully saturated rings. The molecule has 8 aromatic carbocycles. The van der Waals surface area contributed by atoms with Crippen molar-refractivity contribution in [3.8, 4) is 44.5 Å². The third-order valence-corrected chi connectivity index (χ3v) is 9.93. The Hall–Kier alpha value is -5.11. The summed E-state index contributed by atoms with van der Waals surface area (Å²) in [5, 5.41) is 7.77. The molecule has 0 aromatic heterocycles. The molecule has 1 aliphatic heterocycles. The van der Waals surface area contributed by atoms with E-state index in [4.69, 9.17) is 0 Å². The fraction of sp³-hybridized carbons (Fsp3) is 0. The van der Waals surface area contributed by atoms with E-state index >= 15 is 0 Å². The van der Waals surface area contributed by atoms with Crippen LogP contribution in [0.3, 0.4) is 0 Å². The highest BCUT2D eigenvalue weighted by atomic mass is 32.2. The highest BCUT2D eigenvalue weighted by Gasteiger charge is 2.22. The summed E-state index contributed by atoms with van der Waals surface area (Å²) in [6, 6.07) is 57.9. The Morgan fingerprint density at radius 3 is 1.63 bits per heavy atom. The molecular formula is C42H26S. The van der Waals surface area contributed by atoms with Gasteiger partial charge in [0, 0.05) is 15.2 Å². The van der Waals surface area contributed by atoms with Crippen LogP contribution in [0.1, 0.15) is 0 Å². The molecule has 9 rings (SSSR count). The zero-order valence-electron chi connectivity index (χ0n) is 23.4. The van der Waals surface area contributed by atoms with Gasteiger partial charge in [0.15, 0.2) is 0 Å². The molecule has 0 aliphatic carbocycles. The van der Waals surface area contributed by atoms with Gasteiger partial charge < -0.3 is 0 Å². The summed E-state index contributed by atoms with van der Waals surface area (Å²) in [4.78, 5) is 2.65. The average molecular weight is 563 g/mol. The van der Waals surface area contributed by atoms with Crippen LogP contribution in [0.15, 0.2) is 168 Å². The number of benzene rings is 8.